The Labute approximate surface area is 215 Å². The van der Waals surface area contributed by atoms with Gasteiger partial charge in [-0.3, -0.25) is 0 Å². The summed E-state index contributed by atoms with van der Waals surface area (Å²) < 4.78 is 49.0. The van der Waals surface area contributed by atoms with Crippen molar-refractivity contribution < 1.29 is 37.4 Å². The molecule has 4 atom stereocenters. The highest BCUT2D eigenvalue weighted by molar-refractivity contribution is 6.77. The minimum atomic E-state index is -2.11. The largest absolute Gasteiger partial charge is 0.489 e. The molecule has 0 saturated carbocycles. The van der Waals surface area contributed by atoms with Gasteiger partial charge < -0.3 is 37.4 Å². The van der Waals surface area contributed by atoms with E-state index < -0.39 is 26.6 Å². The Bertz CT molecular complexity index is 607. The van der Waals surface area contributed by atoms with Crippen molar-refractivity contribution in [2.75, 3.05) is 34.4 Å². The Hall–Kier alpha value is -0.0382. The van der Waals surface area contributed by atoms with Crippen molar-refractivity contribution in [3.63, 3.8) is 0 Å². The van der Waals surface area contributed by atoms with Crippen LogP contribution in [0.25, 0.3) is 0 Å². The van der Waals surface area contributed by atoms with E-state index in [1.54, 1.807) is 14.2 Å². The maximum atomic E-state index is 6.93. The summed E-state index contributed by atoms with van der Waals surface area (Å²) in [6.45, 7) is 22.6. The molecule has 2 aliphatic rings. The third-order valence-corrected chi connectivity index (χ3v) is 14.2. The molecule has 0 radical (unpaired) electrons. The summed E-state index contributed by atoms with van der Waals surface area (Å²) in [5, 5.41) is 0. The van der Waals surface area contributed by atoms with E-state index in [1.165, 1.54) is 0 Å². The van der Waals surface area contributed by atoms with Crippen molar-refractivity contribution >= 4 is 15.4 Å². The molecule has 2 saturated heterocycles. The van der Waals surface area contributed by atoms with Gasteiger partial charge in [0.15, 0.2) is 8.32 Å². The van der Waals surface area contributed by atoms with Gasteiger partial charge in [0, 0.05) is 20.6 Å². The van der Waals surface area contributed by atoms with Crippen LogP contribution in [0, 0.1) is 0 Å². The van der Waals surface area contributed by atoms with Gasteiger partial charge >= 0.3 is 7.12 Å². The summed E-state index contributed by atoms with van der Waals surface area (Å²) in [4.78, 5) is 0. The van der Waals surface area contributed by atoms with Gasteiger partial charge in [-0.05, 0) is 44.3 Å². The van der Waals surface area contributed by atoms with E-state index in [4.69, 9.17) is 37.4 Å². The number of hydrogen-bond donors (Lipinski definition) is 0. The SMILES string of the molecule is COCO[C@H]1[C@H](OCOC)C[C@H](B2OC(C)(C)C(C)(C)O2)O[C@@H]1CO[Si](C(C)C)(C(C)C)C(C)C. The van der Waals surface area contributed by atoms with Crippen LogP contribution in [0.4, 0.5) is 0 Å². The fourth-order valence-corrected chi connectivity index (χ4v) is 11.2. The molecular formula is C25H51BO8Si. The second-order valence-electron chi connectivity index (χ2n) is 11.9. The highest BCUT2D eigenvalue weighted by atomic mass is 28.4. The second-order valence-corrected chi connectivity index (χ2v) is 17.3. The Balaban J connectivity index is 2.33. The number of methoxy groups -OCH3 is 2. The highest BCUT2D eigenvalue weighted by Gasteiger charge is 2.57. The first-order chi connectivity index (χ1) is 16.2. The monoisotopic (exact) mass is 518 g/mol. The molecule has 0 bridgehead atoms. The van der Waals surface area contributed by atoms with Gasteiger partial charge in [-0.1, -0.05) is 41.5 Å². The zero-order valence-corrected chi connectivity index (χ0v) is 25.2. The van der Waals surface area contributed by atoms with E-state index in [0.29, 0.717) is 29.7 Å². The average molecular weight is 519 g/mol. The van der Waals surface area contributed by atoms with Crippen LogP contribution in [-0.2, 0) is 37.4 Å². The fraction of sp³-hybridized carbons (Fsp3) is 1.00. The smallest absolute Gasteiger partial charge is 0.413 e. The normalized spacial score (nSPS) is 29.1. The molecule has 0 aromatic carbocycles. The van der Waals surface area contributed by atoms with Crippen LogP contribution >= 0.6 is 0 Å². The van der Waals surface area contributed by atoms with Crippen LogP contribution in [0.2, 0.25) is 16.6 Å². The lowest BCUT2D eigenvalue weighted by Crippen LogP contribution is -2.58. The molecule has 0 unspecified atom stereocenters. The van der Waals surface area contributed by atoms with Gasteiger partial charge in [0.25, 0.3) is 0 Å². The molecule has 206 valence electrons. The predicted molar refractivity (Wildman–Crippen MR) is 140 cm³/mol. The minimum Gasteiger partial charge on any atom is -0.413 e. The zero-order valence-electron chi connectivity index (χ0n) is 24.2. The summed E-state index contributed by atoms with van der Waals surface area (Å²) in [5.74, 6) is 0. The first-order valence-electron chi connectivity index (χ1n) is 13.1. The fourth-order valence-electron chi connectivity index (χ4n) is 5.72. The summed E-state index contributed by atoms with van der Waals surface area (Å²) in [6, 6.07) is -0.331. The third kappa shape index (κ3) is 6.89. The van der Waals surface area contributed by atoms with Gasteiger partial charge in [-0.2, -0.15) is 0 Å². The summed E-state index contributed by atoms with van der Waals surface area (Å²) >= 11 is 0. The van der Waals surface area contributed by atoms with Crippen molar-refractivity contribution in [1.82, 2.24) is 0 Å². The molecule has 0 aliphatic carbocycles. The topological polar surface area (TPSA) is 73.8 Å². The Morgan fingerprint density at radius 2 is 1.31 bits per heavy atom. The maximum absolute atomic E-state index is 6.93. The second kappa shape index (κ2) is 12.7. The summed E-state index contributed by atoms with van der Waals surface area (Å²) in [6.07, 6.45) is -0.480. The molecule has 2 fully saturated rings. The molecule has 0 N–H and O–H groups in total. The number of hydrogen-bond acceptors (Lipinski definition) is 8. The first kappa shape index (κ1) is 31.2. The molecule has 2 heterocycles. The molecule has 8 nitrogen and oxygen atoms in total. The lowest BCUT2D eigenvalue weighted by atomic mass is 9.75. The molecule has 0 spiro atoms. The Morgan fingerprint density at radius 1 is 0.829 bits per heavy atom. The number of ether oxygens (including phenoxy) is 5. The van der Waals surface area contributed by atoms with Gasteiger partial charge in [0.05, 0.1) is 29.9 Å². The van der Waals surface area contributed by atoms with Gasteiger partial charge in [0.2, 0.25) is 0 Å². The van der Waals surface area contributed by atoms with Gasteiger partial charge in [-0.15, -0.1) is 0 Å². The van der Waals surface area contributed by atoms with E-state index in [0.717, 1.165) is 0 Å². The Morgan fingerprint density at radius 3 is 1.77 bits per heavy atom. The van der Waals surface area contributed by atoms with Crippen LogP contribution in [0.15, 0.2) is 0 Å². The molecule has 2 aliphatic heterocycles. The van der Waals surface area contributed by atoms with Gasteiger partial charge in [-0.25, -0.2) is 0 Å². The Kier molecular flexibility index (Phi) is 11.3. The van der Waals surface area contributed by atoms with Gasteiger partial charge in [0.1, 0.15) is 25.8 Å². The van der Waals surface area contributed by atoms with Crippen molar-refractivity contribution in [2.24, 2.45) is 0 Å². The van der Waals surface area contributed by atoms with E-state index in [9.17, 15) is 0 Å². The van der Waals surface area contributed by atoms with Crippen LogP contribution in [0.5, 0.6) is 0 Å². The van der Waals surface area contributed by atoms with Crippen molar-refractivity contribution in [3.8, 4) is 0 Å². The van der Waals surface area contributed by atoms with E-state index in [2.05, 4.69) is 41.5 Å². The van der Waals surface area contributed by atoms with Crippen LogP contribution in [0.1, 0.15) is 75.7 Å². The average Bonchev–Trinajstić information content (AvgIpc) is 2.97. The first-order valence-corrected chi connectivity index (χ1v) is 15.2. The van der Waals surface area contributed by atoms with Crippen molar-refractivity contribution in [2.45, 2.75) is 128 Å². The van der Waals surface area contributed by atoms with Crippen molar-refractivity contribution in [1.29, 1.82) is 0 Å². The summed E-state index contributed by atoms with van der Waals surface area (Å²) in [7, 11) is 0.602. The van der Waals surface area contributed by atoms with E-state index in [-0.39, 0.29) is 37.9 Å². The molecule has 0 aromatic rings. The highest BCUT2D eigenvalue weighted by Crippen LogP contribution is 2.44. The third-order valence-electron chi connectivity index (χ3n) is 8.11. The number of rotatable bonds is 13. The molecule has 35 heavy (non-hydrogen) atoms. The van der Waals surface area contributed by atoms with E-state index >= 15 is 0 Å². The quantitative estimate of drug-likeness (QED) is 0.251. The van der Waals surface area contributed by atoms with Crippen LogP contribution < -0.4 is 0 Å². The molecule has 0 aromatic heterocycles. The maximum Gasteiger partial charge on any atom is 0.489 e. The van der Waals surface area contributed by atoms with Crippen LogP contribution in [-0.4, -0.2) is 85.4 Å². The minimum absolute atomic E-state index is 0.139. The molecular weight excluding hydrogens is 467 g/mol. The zero-order chi connectivity index (χ0) is 26.6. The predicted octanol–water partition coefficient (Wildman–Crippen LogP) is 4.95. The lowest BCUT2D eigenvalue weighted by Gasteiger charge is -2.46. The molecule has 2 rings (SSSR count). The van der Waals surface area contributed by atoms with Crippen molar-refractivity contribution in [3.05, 3.63) is 0 Å². The lowest BCUT2D eigenvalue weighted by molar-refractivity contribution is -0.234. The summed E-state index contributed by atoms with van der Waals surface area (Å²) in [5.41, 5.74) is 0.486. The standard InChI is InChI=1S/C25H51BO8Si/c1-17(2)35(18(3)4,19(5)6)31-14-21-23(30-16-28-12)20(29-15-27-11)13-22(32-21)26-33-24(7,8)25(9,10)34-26/h17-23H,13-16H2,1-12H3/t20-,21-,22-,23+/m1/s1. The molecule has 0 amide bonds. The van der Waals surface area contributed by atoms with Crippen LogP contribution in [0.3, 0.4) is 0 Å². The van der Waals surface area contributed by atoms with E-state index in [1.807, 2.05) is 27.7 Å². The molecule has 10 heteroatoms.